The minimum atomic E-state index is -4.48. The summed E-state index contributed by atoms with van der Waals surface area (Å²) in [4.78, 5) is 28.8. The molecule has 0 saturated heterocycles. The summed E-state index contributed by atoms with van der Waals surface area (Å²) in [6, 6.07) is 12.7. The molecule has 3 aromatic rings. The van der Waals surface area contributed by atoms with Gasteiger partial charge >= 0.3 is 6.18 Å². The van der Waals surface area contributed by atoms with Gasteiger partial charge in [-0.3, -0.25) is 14.2 Å². The quantitative estimate of drug-likeness (QED) is 0.699. The largest absolute Gasteiger partial charge is 0.482 e. The molecule has 0 spiro atoms. The molecular weight excluding hydrogens is 375 g/mol. The van der Waals surface area contributed by atoms with E-state index in [1.165, 1.54) is 29.1 Å². The maximum absolute atomic E-state index is 12.4. The van der Waals surface area contributed by atoms with Crippen LogP contribution in [0.2, 0.25) is 0 Å². The van der Waals surface area contributed by atoms with Crippen LogP contribution in [-0.4, -0.2) is 28.2 Å². The molecule has 0 aliphatic heterocycles. The van der Waals surface area contributed by atoms with Crippen molar-refractivity contribution in [2.75, 3.05) is 11.9 Å². The lowest BCUT2D eigenvalue weighted by Gasteiger charge is -2.14. The molecule has 1 amide bonds. The predicted molar refractivity (Wildman–Crippen MR) is 97.2 cm³/mol. The molecule has 0 atom stereocenters. The van der Waals surface area contributed by atoms with Crippen LogP contribution in [0.3, 0.4) is 0 Å². The Kier molecular flexibility index (Phi) is 5.62. The molecule has 0 aliphatic rings. The molecule has 0 aliphatic carbocycles. The number of aromatic nitrogens is 2. The number of ether oxygens (including phenoxy) is 1. The molecule has 146 valence electrons. The third kappa shape index (κ3) is 4.87. The van der Waals surface area contributed by atoms with Crippen molar-refractivity contribution in [1.29, 1.82) is 0 Å². The number of benzene rings is 2. The summed E-state index contributed by atoms with van der Waals surface area (Å²) in [5.74, 6) is -0.555. The fraction of sp³-hybridized carbons (Fsp3) is 0.211. The molecule has 1 aromatic heterocycles. The van der Waals surface area contributed by atoms with E-state index in [-0.39, 0.29) is 30.0 Å². The molecule has 0 unspecified atom stereocenters. The van der Waals surface area contributed by atoms with Crippen LogP contribution in [0.1, 0.15) is 6.42 Å². The Morgan fingerprint density at radius 3 is 2.61 bits per heavy atom. The summed E-state index contributed by atoms with van der Waals surface area (Å²) >= 11 is 0. The number of alkyl halides is 3. The van der Waals surface area contributed by atoms with Crippen LogP contribution in [0.5, 0.6) is 5.75 Å². The van der Waals surface area contributed by atoms with Gasteiger partial charge in [0.25, 0.3) is 5.56 Å². The number of carbonyl (C=O) groups excluding carboxylic acids is 1. The van der Waals surface area contributed by atoms with E-state index in [0.717, 1.165) is 0 Å². The number of halogens is 3. The van der Waals surface area contributed by atoms with Crippen molar-refractivity contribution in [3.05, 3.63) is 65.2 Å². The first-order valence-electron chi connectivity index (χ1n) is 8.36. The monoisotopic (exact) mass is 391 g/mol. The highest BCUT2D eigenvalue weighted by atomic mass is 19.4. The van der Waals surface area contributed by atoms with Gasteiger partial charge in [-0.25, -0.2) is 4.98 Å². The summed E-state index contributed by atoms with van der Waals surface area (Å²) < 4.78 is 43.1. The average molecular weight is 391 g/mol. The van der Waals surface area contributed by atoms with E-state index in [4.69, 9.17) is 4.74 Å². The van der Waals surface area contributed by atoms with Gasteiger partial charge in [0, 0.05) is 13.0 Å². The van der Waals surface area contributed by atoms with E-state index < -0.39 is 18.7 Å². The van der Waals surface area contributed by atoms with Gasteiger partial charge in [-0.2, -0.15) is 13.2 Å². The van der Waals surface area contributed by atoms with Gasteiger partial charge in [0.1, 0.15) is 5.75 Å². The van der Waals surface area contributed by atoms with Gasteiger partial charge in [0.15, 0.2) is 6.61 Å². The van der Waals surface area contributed by atoms with Crippen LogP contribution in [0.25, 0.3) is 10.9 Å². The first-order chi connectivity index (χ1) is 13.3. The molecule has 2 aromatic carbocycles. The van der Waals surface area contributed by atoms with Crippen molar-refractivity contribution >= 4 is 22.5 Å². The Hall–Kier alpha value is -3.36. The molecule has 1 N–H and O–H groups in total. The van der Waals surface area contributed by atoms with Crippen molar-refractivity contribution in [3.63, 3.8) is 0 Å². The van der Waals surface area contributed by atoms with E-state index in [1.807, 2.05) is 0 Å². The van der Waals surface area contributed by atoms with Crippen LogP contribution < -0.4 is 15.6 Å². The number of aryl methyl sites for hydroxylation is 1. The summed E-state index contributed by atoms with van der Waals surface area (Å²) in [6.45, 7) is -1.38. The smallest absolute Gasteiger partial charge is 0.422 e. The van der Waals surface area contributed by atoms with E-state index in [0.29, 0.717) is 10.9 Å². The van der Waals surface area contributed by atoms with Crippen molar-refractivity contribution in [2.24, 2.45) is 0 Å². The molecule has 0 saturated carbocycles. The Morgan fingerprint density at radius 2 is 1.82 bits per heavy atom. The number of carbonyl (C=O) groups is 1. The third-order valence-corrected chi connectivity index (χ3v) is 3.86. The summed E-state index contributed by atoms with van der Waals surface area (Å²) in [6.07, 6.45) is -3.19. The molecule has 1 heterocycles. The predicted octanol–water partition coefficient (Wildman–Crippen LogP) is 3.37. The van der Waals surface area contributed by atoms with Gasteiger partial charge in [-0.1, -0.05) is 24.3 Å². The maximum Gasteiger partial charge on any atom is 0.422 e. The first-order valence-corrected chi connectivity index (χ1v) is 8.36. The van der Waals surface area contributed by atoms with E-state index >= 15 is 0 Å². The highest BCUT2D eigenvalue weighted by Gasteiger charge is 2.28. The van der Waals surface area contributed by atoms with Gasteiger partial charge < -0.3 is 10.1 Å². The maximum atomic E-state index is 12.4. The zero-order valence-corrected chi connectivity index (χ0v) is 14.6. The number of nitrogens with one attached hydrogen (secondary N) is 1. The van der Waals surface area contributed by atoms with E-state index in [9.17, 15) is 22.8 Å². The molecular formula is C19H16F3N3O3. The van der Waals surface area contributed by atoms with Gasteiger partial charge in [0.05, 0.1) is 22.9 Å². The number of para-hydroxylation sites is 3. The topological polar surface area (TPSA) is 73.2 Å². The van der Waals surface area contributed by atoms with Crippen LogP contribution in [0.4, 0.5) is 18.9 Å². The minimum Gasteiger partial charge on any atom is -0.482 e. The molecule has 0 fully saturated rings. The summed E-state index contributed by atoms with van der Waals surface area (Å²) in [5.41, 5.74) is 0.414. The second kappa shape index (κ2) is 8.12. The van der Waals surface area contributed by atoms with Crippen molar-refractivity contribution in [1.82, 2.24) is 9.55 Å². The number of fused-ring (bicyclic) bond motifs is 1. The Labute approximate surface area is 157 Å². The number of rotatable bonds is 6. The fourth-order valence-corrected chi connectivity index (χ4v) is 2.56. The van der Waals surface area contributed by atoms with Crippen molar-refractivity contribution in [2.45, 2.75) is 19.1 Å². The summed E-state index contributed by atoms with van der Waals surface area (Å²) in [5, 5.41) is 2.95. The van der Waals surface area contributed by atoms with Gasteiger partial charge in [-0.05, 0) is 24.3 Å². The van der Waals surface area contributed by atoms with Crippen LogP contribution in [0.15, 0.2) is 59.7 Å². The van der Waals surface area contributed by atoms with E-state index in [1.54, 1.807) is 30.3 Å². The fourth-order valence-electron chi connectivity index (χ4n) is 2.56. The second-order valence-electron chi connectivity index (χ2n) is 5.96. The lowest BCUT2D eigenvalue weighted by molar-refractivity contribution is -0.153. The molecule has 6 nitrogen and oxygen atoms in total. The number of anilines is 1. The lowest BCUT2D eigenvalue weighted by Crippen LogP contribution is -2.24. The number of hydrogen-bond acceptors (Lipinski definition) is 4. The van der Waals surface area contributed by atoms with E-state index in [2.05, 4.69) is 10.3 Å². The molecule has 9 heteroatoms. The first kappa shape index (κ1) is 19.4. The van der Waals surface area contributed by atoms with Gasteiger partial charge in [0.2, 0.25) is 5.91 Å². The molecule has 3 rings (SSSR count). The van der Waals surface area contributed by atoms with Crippen LogP contribution >= 0.6 is 0 Å². The van der Waals surface area contributed by atoms with Crippen molar-refractivity contribution < 1.29 is 22.7 Å². The molecule has 28 heavy (non-hydrogen) atoms. The third-order valence-electron chi connectivity index (χ3n) is 3.86. The minimum absolute atomic E-state index is 0.0620. The van der Waals surface area contributed by atoms with Crippen molar-refractivity contribution in [3.8, 4) is 5.75 Å². The average Bonchev–Trinajstić information content (AvgIpc) is 2.66. The van der Waals surface area contributed by atoms with Crippen LogP contribution in [0, 0.1) is 0 Å². The van der Waals surface area contributed by atoms with Crippen LogP contribution in [-0.2, 0) is 11.3 Å². The number of nitrogens with zero attached hydrogens (tertiary/aromatic N) is 2. The standard InChI is InChI=1S/C19H16F3N3O3/c20-19(21,22)11-28-16-8-4-3-7-15(16)24-17(26)9-10-25-12-23-14-6-2-1-5-13(14)18(25)27/h1-8,12H,9-11H2,(H,24,26). The number of amides is 1. The Bertz CT molecular complexity index is 1050. The highest BCUT2D eigenvalue weighted by molar-refractivity contribution is 5.92. The SMILES string of the molecule is O=C(CCn1cnc2ccccc2c1=O)Nc1ccccc1OCC(F)(F)F. The highest BCUT2D eigenvalue weighted by Crippen LogP contribution is 2.26. The number of hydrogen-bond donors (Lipinski definition) is 1. The molecule has 0 radical (unpaired) electrons. The molecule has 0 bridgehead atoms. The Balaban J connectivity index is 1.65. The second-order valence-corrected chi connectivity index (χ2v) is 5.96. The lowest BCUT2D eigenvalue weighted by atomic mass is 10.2. The zero-order chi connectivity index (χ0) is 20.1. The Morgan fingerprint density at radius 1 is 1.11 bits per heavy atom. The van der Waals surface area contributed by atoms with Gasteiger partial charge in [-0.15, -0.1) is 0 Å². The zero-order valence-electron chi connectivity index (χ0n) is 14.6. The summed E-state index contributed by atoms with van der Waals surface area (Å²) in [7, 11) is 0. The normalized spacial score (nSPS) is 11.4.